The largest absolute Gasteiger partial charge is 0.343 e. The van der Waals surface area contributed by atoms with Crippen LogP contribution in [0, 0.1) is 13.8 Å². The van der Waals surface area contributed by atoms with Crippen LogP contribution in [0.25, 0.3) is 5.69 Å². The van der Waals surface area contributed by atoms with E-state index in [0.29, 0.717) is 11.3 Å². The minimum atomic E-state index is -0.328. The third-order valence-corrected chi connectivity index (χ3v) is 4.09. The second-order valence-corrected chi connectivity index (χ2v) is 6.43. The van der Waals surface area contributed by atoms with Gasteiger partial charge in [-0.1, -0.05) is 52.7 Å². The molecular formula is C20H20N4O2. The van der Waals surface area contributed by atoms with Crippen LogP contribution in [0.1, 0.15) is 37.7 Å². The summed E-state index contributed by atoms with van der Waals surface area (Å²) >= 11 is 0. The van der Waals surface area contributed by atoms with Crippen LogP contribution >= 0.6 is 0 Å². The fourth-order valence-corrected chi connectivity index (χ4v) is 2.55. The zero-order valence-electron chi connectivity index (χ0n) is 15.2. The summed E-state index contributed by atoms with van der Waals surface area (Å²) in [6.07, 6.45) is 0. The first-order valence-electron chi connectivity index (χ1n) is 8.24. The minimum Gasteiger partial charge on any atom is -0.343 e. The molecule has 0 saturated carbocycles. The third kappa shape index (κ3) is 3.26. The summed E-state index contributed by atoms with van der Waals surface area (Å²) < 4.78 is 1.42. The van der Waals surface area contributed by atoms with Crippen LogP contribution in [0.15, 0.2) is 48.5 Å². The molecule has 6 nitrogen and oxygen atoms in total. The first kappa shape index (κ1) is 17.5. The number of ketones is 1. The van der Waals surface area contributed by atoms with Crippen molar-refractivity contribution in [3.8, 4) is 5.69 Å². The van der Waals surface area contributed by atoms with Crippen LogP contribution in [0.4, 0.5) is 0 Å². The van der Waals surface area contributed by atoms with Crippen LogP contribution < -0.4 is 0 Å². The molecule has 132 valence electrons. The van der Waals surface area contributed by atoms with Gasteiger partial charge in [0, 0.05) is 19.7 Å². The third-order valence-electron chi connectivity index (χ3n) is 4.09. The molecule has 1 amide bonds. The number of nitrogens with zero attached hydrogens (tertiary/aromatic N) is 4. The summed E-state index contributed by atoms with van der Waals surface area (Å²) in [5.41, 5.74) is 3.49. The predicted octanol–water partition coefficient (Wildman–Crippen LogP) is 2.82. The Balaban J connectivity index is 2.13. The average molecular weight is 348 g/mol. The highest BCUT2D eigenvalue weighted by atomic mass is 16.2. The fourth-order valence-electron chi connectivity index (χ4n) is 2.55. The molecule has 0 atom stereocenters. The number of hydrogen-bond donors (Lipinski definition) is 0. The summed E-state index contributed by atoms with van der Waals surface area (Å²) in [6.45, 7) is 3.92. The second-order valence-electron chi connectivity index (χ2n) is 6.43. The van der Waals surface area contributed by atoms with Gasteiger partial charge in [-0.05, 0) is 26.0 Å². The SMILES string of the molecule is Cc1ccc(C(=O)c2nnn(-c3ccc(C)cc3)c2C(=O)N(C)C)cc1. The number of aromatic nitrogens is 3. The highest BCUT2D eigenvalue weighted by molar-refractivity contribution is 6.13. The quantitative estimate of drug-likeness (QED) is 0.680. The lowest BCUT2D eigenvalue weighted by Crippen LogP contribution is -2.26. The summed E-state index contributed by atoms with van der Waals surface area (Å²) in [6, 6.07) is 14.7. The first-order valence-corrected chi connectivity index (χ1v) is 8.24. The lowest BCUT2D eigenvalue weighted by molar-refractivity contribution is 0.0813. The number of amides is 1. The van der Waals surface area contributed by atoms with Crippen molar-refractivity contribution >= 4 is 11.7 Å². The molecular weight excluding hydrogens is 328 g/mol. The van der Waals surface area contributed by atoms with Gasteiger partial charge in [-0.25, -0.2) is 4.68 Å². The summed E-state index contributed by atoms with van der Waals surface area (Å²) in [5.74, 6) is -0.653. The molecule has 2 aromatic carbocycles. The molecule has 1 heterocycles. The molecule has 1 aromatic heterocycles. The van der Waals surface area contributed by atoms with Gasteiger partial charge in [0.05, 0.1) is 5.69 Å². The summed E-state index contributed by atoms with van der Waals surface area (Å²) in [4.78, 5) is 27.1. The Morgan fingerprint density at radius 3 is 1.96 bits per heavy atom. The normalized spacial score (nSPS) is 10.6. The molecule has 26 heavy (non-hydrogen) atoms. The maximum absolute atomic E-state index is 12.9. The van der Waals surface area contributed by atoms with Crippen LogP contribution in [-0.4, -0.2) is 45.7 Å². The van der Waals surface area contributed by atoms with Crippen molar-refractivity contribution in [3.63, 3.8) is 0 Å². The number of aryl methyl sites for hydroxylation is 2. The summed E-state index contributed by atoms with van der Waals surface area (Å²) in [7, 11) is 3.27. The Kier molecular flexibility index (Phi) is 4.67. The maximum Gasteiger partial charge on any atom is 0.274 e. The standard InChI is InChI=1S/C20H20N4O2/c1-13-5-9-15(10-6-13)19(25)17-18(20(26)23(3)4)24(22-21-17)16-11-7-14(2)8-12-16/h5-12H,1-4H3. The van der Waals surface area contributed by atoms with Crippen molar-refractivity contribution in [2.45, 2.75) is 13.8 Å². The zero-order valence-corrected chi connectivity index (χ0v) is 15.2. The number of rotatable bonds is 4. The summed E-state index contributed by atoms with van der Waals surface area (Å²) in [5, 5.41) is 8.12. The molecule has 3 rings (SSSR count). The van der Waals surface area contributed by atoms with E-state index in [2.05, 4.69) is 10.3 Å². The van der Waals surface area contributed by atoms with E-state index in [-0.39, 0.29) is 23.1 Å². The Morgan fingerprint density at radius 2 is 1.42 bits per heavy atom. The van der Waals surface area contributed by atoms with E-state index in [1.165, 1.54) is 9.58 Å². The minimum absolute atomic E-state index is 0.0492. The van der Waals surface area contributed by atoms with E-state index in [4.69, 9.17) is 0 Å². The van der Waals surface area contributed by atoms with Crippen molar-refractivity contribution in [1.29, 1.82) is 0 Å². The van der Waals surface area contributed by atoms with Gasteiger partial charge in [0.25, 0.3) is 5.91 Å². The van der Waals surface area contributed by atoms with Gasteiger partial charge in [-0.3, -0.25) is 9.59 Å². The Hall–Kier alpha value is -3.28. The molecule has 0 fully saturated rings. The molecule has 6 heteroatoms. The number of carbonyl (C=O) groups is 2. The van der Waals surface area contributed by atoms with Crippen LogP contribution in [0.2, 0.25) is 0 Å². The molecule has 0 N–H and O–H groups in total. The van der Waals surface area contributed by atoms with Gasteiger partial charge >= 0.3 is 0 Å². The zero-order chi connectivity index (χ0) is 18.8. The fraction of sp³-hybridized carbons (Fsp3) is 0.200. The molecule has 0 bridgehead atoms. The molecule has 0 aliphatic heterocycles. The van der Waals surface area contributed by atoms with Crippen LogP contribution in [0.3, 0.4) is 0 Å². The first-order chi connectivity index (χ1) is 12.4. The van der Waals surface area contributed by atoms with Gasteiger partial charge in [0.1, 0.15) is 0 Å². The van der Waals surface area contributed by atoms with Crippen molar-refractivity contribution in [3.05, 3.63) is 76.6 Å². The Morgan fingerprint density at radius 1 is 0.885 bits per heavy atom. The lowest BCUT2D eigenvalue weighted by atomic mass is 10.0. The van der Waals surface area contributed by atoms with Gasteiger partial charge < -0.3 is 4.90 Å². The van der Waals surface area contributed by atoms with E-state index in [1.54, 1.807) is 26.2 Å². The van der Waals surface area contributed by atoms with Gasteiger partial charge in [0.15, 0.2) is 11.4 Å². The number of hydrogen-bond acceptors (Lipinski definition) is 4. The topological polar surface area (TPSA) is 68.1 Å². The van der Waals surface area contributed by atoms with Gasteiger partial charge in [0.2, 0.25) is 5.78 Å². The molecule has 0 spiro atoms. The van der Waals surface area contributed by atoms with E-state index in [1.807, 2.05) is 50.2 Å². The number of benzene rings is 2. The number of carbonyl (C=O) groups excluding carboxylic acids is 2. The molecule has 3 aromatic rings. The lowest BCUT2D eigenvalue weighted by Gasteiger charge is -2.13. The molecule has 0 aliphatic rings. The van der Waals surface area contributed by atoms with Crippen molar-refractivity contribution in [1.82, 2.24) is 19.9 Å². The molecule has 0 radical (unpaired) electrons. The molecule has 0 aliphatic carbocycles. The van der Waals surface area contributed by atoms with E-state index < -0.39 is 0 Å². The smallest absolute Gasteiger partial charge is 0.274 e. The predicted molar refractivity (Wildman–Crippen MR) is 98.7 cm³/mol. The highest BCUT2D eigenvalue weighted by Crippen LogP contribution is 2.18. The van der Waals surface area contributed by atoms with Crippen LogP contribution in [0.5, 0.6) is 0 Å². The van der Waals surface area contributed by atoms with E-state index in [0.717, 1.165) is 11.1 Å². The van der Waals surface area contributed by atoms with Gasteiger partial charge in [-0.15, -0.1) is 5.10 Å². The molecule has 0 unspecified atom stereocenters. The van der Waals surface area contributed by atoms with Crippen molar-refractivity contribution in [2.75, 3.05) is 14.1 Å². The van der Waals surface area contributed by atoms with Crippen molar-refractivity contribution in [2.24, 2.45) is 0 Å². The van der Waals surface area contributed by atoms with Crippen LogP contribution in [-0.2, 0) is 0 Å². The van der Waals surface area contributed by atoms with E-state index in [9.17, 15) is 9.59 Å². The van der Waals surface area contributed by atoms with Crippen molar-refractivity contribution < 1.29 is 9.59 Å². The monoisotopic (exact) mass is 348 g/mol. The van der Waals surface area contributed by atoms with Gasteiger partial charge in [-0.2, -0.15) is 0 Å². The average Bonchev–Trinajstić information content (AvgIpc) is 3.06. The second kappa shape index (κ2) is 6.92. The Labute approximate surface area is 152 Å². The highest BCUT2D eigenvalue weighted by Gasteiger charge is 2.28. The molecule has 0 saturated heterocycles. The Bertz CT molecular complexity index is 954. The maximum atomic E-state index is 12.9. The van der Waals surface area contributed by atoms with E-state index >= 15 is 0 Å².